The first-order valence-electron chi connectivity index (χ1n) is 3.91. The van der Waals surface area contributed by atoms with E-state index in [0.717, 1.165) is 0 Å². The molecule has 0 radical (unpaired) electrons. The minimum absolute atomic E-state index is 0.205. The molecule has 0 atom stereocenters. The molecule has 0 aromatic heterocycles. The summed E-state index contributed by atoms with van der Waals surface area (Å²) in [6.07, 6.45) is -0.942. The highest BCUT2D eigenvalue weighted by Gasteiger charge is 2.02. The van der Waals surface area contributed by atoms with E-state index in [1.807, 2.05) is 0 Å². The van der Waals surface area contributed by atoms with Crippen LogP contribution in [0.2, 0.25) is 0 Å². The third-order valence-electron chi connectivity index (χ3n) is 1.45. The second kappa shape index (κ2) is 4.80. The number of hydrogen-bond donors (Lipinski definition) is 1. The molecule has 15 heavy (non-hydrogen) atoms. The normalized spacial score (nSPS) is 9.33. The first kappa shape index (κ1) is 10.8. The van der Waals surface area contributed by atoms with Gasteiger partial charge in [-0.3, -0.25) is 0 Å². The number of benzene rings is 1. The lowest BCUT2D eigenvalue weighted by atomic mass is 10.2. The van der Waals surface area contributed by atoms with Crippen LogP contribution in [-0.4, -0.2) is 11.2 Å². The molecule has 0 saturated carbocycles. The summed E-state index contributed by atoms with van der Waals surface area (Å²) >= 11 is 0. The lowest BCUT2D eigenvalue weighted by Crippen LogP contribution is -2.16. The number of amides is 1. The number of rotatable bonds is 4. The zero-order valence-corrected chi connectivity index (χ0v) is 7.58. The Hall–Kier alpha value is -2.31. The lowest BCUT2D eigenvalue weighted by molar-refractivity contribution is -0.763. The molecule has 1 aromatic carbocycles. The number of primary amides is 1. The summed E-state index contributed by atoms with van der Waals surface area (Å²) in [6.45, 7) is -0.205. The van der Waals surface area contributed by atoms with Gasteiger partial charge in [-0.1, -0.05) is 12.1 Å². The Balaban J connectivity index is 2.65. The van der Waals surface area contributed by atoms with E-state index in [0.29, 0.717) is 5.56 Å². The monoisotopic (exact) mass is 212 g/mol. The fourth-order valence-electron chi connectivity index (χ4n) is 0.942. The van der Waals surface area contributed by atoms with E-state index in [9.17, 15) is 14.9 Å². The Bertz CT molecular complexity index is 379. The molecule has 2 N–H and O–H groups in total. The summed E-state index contributed by atoms with van der Waals surface area (Å²) in [5, 5.41) is 9.01. The van der Waals surface area contributed by atoms with Gasteiger partial charge in [0.2, 0.25) is 0 Å². The second-order valence-corrected chi connectivity index (χ2v) is 2.57. The van der Waals surface area contributed by atoms with Crippen molar-refractivity contribution >= 4 is 6.09 Å². The van der Waals surface area contributed by atoms with Crippen LogP contribution in [-0.2, 0) is 11.4 Å². The van der Waals surface area contributed by atoms with Crippen LogP contribution >= 0.6 is 0 Å². The maximum absolute atomic E-state index is 10.4. The summed E-state index contributed by atoms with van der Waals surface area (Å²) in [6, 6.07) is 6.09. The number of carbonyl (C=O) groups is 1. The third-order valence-corrected chi connectivity index (χ3v) is 1.45. The molecular formula is C8H8N2O5. The SMILES string of the molecule is NC(=O)Oc1cccc(CO[N+](=O)[O-])c1. The Kier molecular flexibility index (Phi) is 3.44. The van der Waals surface area contributed by atoms with E-state index in [2.05, 4.69) is 9.57 Å². The van der Waals surface area contributed by atoms with Gasteiger partial charge in [0.1, 0.15) is 12.4 Å². The van der Waals surface area contributed by atoms with Gasteiger partial charge in [0.25, 0.3) is 5.09 Å². The van der Waals surface area contributed by atoms with Crippen molar-refractivity contribution in [1.82, 2.24) is 0 Å². The summed E-state index contributed by atoms with van der Waals surface area (Å²) in [7, 11) is 0. The molecule has 1 rings (SSSR count). The highest BCUT2D eigenvalue weighted by Crippen LogP contribution is 2.13. The first-order chi connectivity index (χ1) is 7.08. The molecule has 0 spiro atoms. The highest BCUT2D eigenvalue weighted by atomic mass is 16.9. The minimum atomic E-state index is -0.942. The van der Waals surface area contributed by atoms with Gasteiger partial charge in [0, 0.05) is 0 Å². The van der Waals surface area contributed by atoms with Crippen molar-refractivity contribution in [3.8, 4) is 5.75 Å². The first-order valence-corrected chi connectivity index (χ1v) is 3.91. The van der Waals surface area contributed by atoms with Gasteiger partial charge >= 0.3 is 6.09 Å². The van der Waals surface area contributed by atoms with E-state index < -0.39 is 11.2 Å². The van der Waals surface area contributed by atoms with Gasteiger partial charge in [-0.05, 0) is 17.7 Å². The number of nitrogens with two attached hydrogens (primary N) is 1. The summed E-state index contributed by atoms with van der Waals surface area (Å²) in [5.74, 6) is 0.215. The Morgan fingerprint density at radius 1 is 1.53 bits per heavy atom. The van der Waals surface area contributed by atoms with Crippen molar-refractivity contribution in [3.63, 3.8) is 0 Å². The molecular weight excluding hydrogens is 204 g/mol. The molecule has 0 bridgehead atoms. The zero-order chi connectivity index (χ0) is 11.3. The zero-order valence-electron chi connectivity index (χ0n) is 7.58. The number of ether oxygens (including phenoxy) is 1. The van der Waals surface area contributed by atoms with E-state index in [1.54, 1.807) is 12.1 Å². The van der Waals surface area contributed by atoms with Gasteiger partial charge in [-0.2, -0.15) is 0 Å². The van der Waals surface area contributed by atoms with Crippen LogP contribution in [0, 0.1) is 10.1 Å². The smallest absolute Gasteiger partial charge is 0.409 e. The van der Waals surface area contributed by atoms with Crippen molar-refractivity contribution < 1.29 is 19.5 Å². The fraction of sp³-hybridized carbons (Fsp3) is 0.125. The van der Waals surface area contributed by atoms with Crippen LogP contribution in [0.3, 0.4) is 0 Å². The molecule has 0 saturated heterocycles. The van der Waals surface area contributed by atoms with Gasteiger partial charge in [-0.15, -0.1) is 10.1 Å². The quantitative estimate of drug-likeness (QED) is 0.588. The van der Waals surface area contributed by atoms with Gasteiger partial charge in [0.05, 0.1) is 0 Å². The Morgan fingerprint density at radius 3 is 2.87 bits per heavy atom. The number of nitrogens with zero attached hydrogens (tertiary/aromatic N) is 1. The lowest BCUT2D eigenvalue weighted by Gasteiger charge is -2.03. The summed E-state index contributed by atoms with van der Waals surface area (Å²) < 4.78 is 4.58. The van der Waals surface area contributed by atoms with E-state index in [-0.39, 0.29) is 12.4 Å². The van der Waals surface area contributed by atoms with Gasteiger partial charge in [0.15, 0.2) is 0 Å². The van der Waals surface area contributed by atoms with Crippen LogP contribution < -0.4 is 10.5 Å². The fourth-order valence-corrected chi connectivity index (χ4v) is 0.942. The predicted octanol–water partition coefficient (Wildman–Crippen LogP) is 0.852. The number of hydrogen-bond acceptors (Lipinski definition) is 5. The number of carbonyl (C=O) groups excluding carboxylic acids is 1. The van der Waals surface area contributed by atoms with Crippen molar-refractivity contribution in [2.45, 2.75) is 6.61 Å². The van der Waals surface area contributed by atoms with Crippen molar-refractivity contribution in [2.24, 2.45) is 5.73 Å². The van der Waals surface area contributed by atoms with Crippen molar-refractivity contribution in [3.05, 3.63) is 39.9 Å². The van der Waals surface area contributed by atoms with Crippen molar-refractivity contribution in [2.75, 3.05) is 0 Å². The van der Waals surface area contributed by atoms with E-state index in [1.165, 1.54) is 12.1 Å². The standard InChI is InChI=1S/C8H8N2O5/c9-8(11)15-7-3-1-2-6(4-7)5-14-10(12)13/h1-4H,5H2,(H2,9,11). The van der Waals surface area contributed by atoms with Crippen LogP contribution in [0.25, 0.3) is 0 Å². The average Bonchev–Trinajstić information content (AvgIpc) is 2.14. The molecule has 80 valence electrons. The molecule has 7 heteroatoms. The second-order valence-electron chi connectivity index (χ2n) is 2.57. The Morgan fingerprint density at radius 2 is 2.27 bits per heavy atom. The van der Waals surface area contributed by atoms with Crippen LogP contribution in [0.15, 0.2) is 24.3 Å². The summed E-state index contributed by atoms with van der Waals surface area (Å²) in [5.41, 5.74) is 5.30. The molecule has 1 aromatic rings. The molecule has 0 aliphatic heterocycles. The largest absolute Gasteiger partial charge is 0.410 e. The average molecular weight is 212 g/mol. The van der Waals surface area contributed by atoms with Crippen LogP contribution in [0.5, 0.6) is 5.75 Å². The summed E-state index contributed by atoms with van der Waals surface area (Å²) in [4.78, 5) is 24.5. The maximum Gasteiger partial charge on any atom is 0.409 e. The molecule has 0 aliphatic carbocycles. The maximum atomic E-state index is 10.4. The molecule has 0 aliphatic rings. The highest BCUT2D eigenvalue weighted by molar-refractivity contribution is 5.68. The van der Waals surface area contributed by atoms with Crippen LogP contribution in [0.1, 0.15) is 5.56 Å². The Labute approximate surface area is 84.5 Å². The predicted molar refractivity (Wildman–Crippen MR) is 48.4 cm³/mol. The minimum Gasteiger partial charge on any atom is -0.410 e. The van der Waals surface area contributed by atoms with Gasteiger partial charge in [-0.25, -0.2) is 4.79 Å². The topological polar surface area (TPSA) is 105 Å². The molecule has 0 fully saturated rings. The molecule has 1 amide bonds. The van der Waals surface area contributed by atoms with Crippen LogP contribution in [0.4, 0.5) is 4.79 Å². The van der Waals surface area contributed by atoms with E-state index >= 15 is 0 Å². The van der Waals surface area contributed by atoms with Gasteiger partial charge < -0.3 is 15.3 Å². The molecule has 0 heterocycles. The van der Waals surface area contributed by atoms with Crippen molar-refractivity contribution in [1.29, 1.82) is 0 Å². The van der Waals surface area contributed by atoms with E-state index in [4.69, 9.17) is 5.73 Å². The third kappa shape index (κ3) is 3.94. The molecule has 7 nitrogen and oxygen atoms in total. The molecule has 0 unspecified atom stereocenters.